The van der Waals surface area contributed by atoms with Crippen LogP contribution >= 0.6 is 0 Å². The van der Waals surface area contributed by atoms with Gasteiger partial charge in [0.05, 0.1) is 19.3 Å². The third-order valence-electron chi connectivity index (χ3n) is 4.68. The number of carbonyl (C=O) groups excluding carboxylic acids is 1. The van der Waals surface area contributed by atoms with Crippen molar-refractivity contribution >= 4 is 11.6 Å². The Balaban J connectivity index is 2.11. The van der Waals surface area contributed by atoms with Crippen LogP contribution in [0.4, 0.5) is 5.69 Å². The lowest BCUT2D eigenvalue weighted by molar-refractivity contribution is -0.125. The van der Waals surface area contributed by atoms with E-state index >= 15 is 0 Å². The third-order valence-corrected chi connectivity index (χ3v) is 4.68. The molecule has 0 saturated carbocycles. The number of aryl methyl sites for hydroxylation is 1. The Morgan fingerprint density at radius 1 is 1.26 bits per heavy atom. The van der Waals surface area contributed by atoms with Gasteiger partial charge in [-0.2, -0.15) is 0 Å². The molecule has 1 aromatic carbocycles. The molecule has 0 bridgehead atoms. The SMILES string of the molecule is Cc1ccc(N2CCCC(N(C)CC(C)(CO)CO)C2=O)cc1. The summed E-state index contributed by atoms with van der Waals surface area (Å²) >= 11 is 0. The third kappa shape index (κ3) is 4.10. The molecule has 1 aliphatic rings. The van der Waals surface area contributed by atoms with Crippen LogP contribution in [0.3, 0.4) is 0 Å². The molecule has 2 rings (SSSR count). The summed E-state index contributed by atoms with van der Waals surface area (Å²) in [5, 5.41) is 18.9. The lowest BCUT2D eigenvalue weighted by Gasteiger charge is -2.40. The number of carbonyl (C=O) groups is 1. The minimum absolute atomic E-state index is 0.0980. The maximum atomic E-state index is 12.9. The predicted molar refractivity (Wildman–Crippen MR) is 91.5 cm³/mol. The first kappa shape index (κ1) is 17.9. The largest absolute Gasteiger partial charge is 0.396 e. The Kier molecular flexibility index (Phi) is 5.79. The van der Waals surface area contributed by atoms with E-state index in [1.54, 1.807) is 0 Å². The van der Waals surface area contributed by atoms with Crippen LogP contribution in [0.1, 0.15) is 25.3 Å². The van der Waals surface area contributed by atoms with Crippen LogP contribution in [0.2, 0.25) is 0 Å². The number of amides is 1. The molecule has 1 saturated heterocycles. The van der Waals surface area contributed by atoms with Crippen LogP contribution in [0, 0.1) is 12.3 Å². The highest BCUT2D eigenvalue weighted by molar-refractivity contribution is 5.97. The highest BCUT2D eigenvalue weighted by Gasteiger charge is 2.35. The summed E-state index contributed by atoms with van der Waals surface area (Å²) in [5.41, 5.74) is 1.51. The molecule has 1 aromatic rings. The zero-order chi connectivity index (χ0) is 17.0. The topological polar surface area (TPSA) is 64.0 Å². The minimum atomic E-state index is -0.596. The number of hydrogen-bond donors (Lipinski definition) is 2. The van der Waals surface area contributed by atoms with Gasteiger partial charge < -0.3 is 15.1 Å². The summed E-state index contributed by atoms with van der Waals surface area (Å²) < 4.78 is 0. The van der Waals surface area contributed by atoms with Gasteiger partial charge in [0.2, 0.25) is 5.91 Å². The number of likely N-dealkylation sites (N-methyl/N-ethyl adjacent to an activating group) is 1. The first-order chi connectivity index (χ1) is 10.9. The number of hydrogen-bond acceptors (Lipinski definition) is 4. The normalized spacial score (nSPS) is 19.5. The molecule has 23 heavy (non-hydrogen) atoms. The maximum Gasteiger partial charge on any atom is 0.244 e. The van der Waals surface area contributed by atoms with Gasteiger partial charge in [0.1, 0.15) is 0 Å². The van der Waals surface area contributed by atoms with Crippen LogP contribution in [0.25, 0.3) is 0 Å². The van der Waals surface area contributed by atoms with E-state index in [9.17, 15) is 15.0 Å². The van der Waals surface area contributed by atoms with Crippen molar-refractivity contribution in [3.05, 3.63) is 29.8 Å². The second kappa shape index (κ2) is 7.43. The van der Waals surface area contributed by atoms with Crippen molar-refractivity contribution in [2.75, 3.05) is 38.3 Å². The Morgan fingerprint density at radius 2 is 1.87 bits per heavy atom. The average Bonchev–Trinajstić information content (AvgIpc) is 2.55. The minimum Gasteiger partial charge on any atom is -0.396 e. The zero-order valence-corrected chi connectivity index (χ0v) is 14.3. The van der Waals surface area contributed by atoms with Crippen LogP contribution < -0.4 is 4.90 Å². The van der Waals surface area contributed by atoms with E-state index in [2.05, 4.69) is 0 Å². The van der Waals surface area contributed by atoms with E-state index in [1.165, 1.54) is 5.56 Å². The Hall–Kier alpha value is -1.43. The summed E-state index contributed by atoms with van der Waals surface area (Å²) in [6, 6.07) is 7.81. The van der Waals surface area contributed by atoms with E-state index in [1.807, 2.05) is 55.0 Å². The van der Waals surface area contributed by atoms with Gasteiger partial charge in [-0.3, -0.25) is 9.69 Å². The van der Waals surface area contributed by atoms with Crippen LogP contribution in [0.15, 0.2) is 24.3 Å². The second-order valence-corrected chi connectivity index (χ2v) is 7.03. The molecule has 0 spiro atoms. The van der Waals surface area contributed by atoms with Gasteiger partial charge in [-0.15, -0.1) is 0 Å². The van der Waals surface area contributed by atoms with Crippen molar-refractivity contribution in [2.24, 2.45) is 5.41 Å². The van der Waals surface area contributed by atoms with E-state index in [4.69, 9.17) is 0 Å². The number of anilines is 1. The molecule has 1 heterocycles. The smallest absolute Gasteiger partial charge is 0.244 e. The predicted octanol–water partition coefficient (Wildman–Crippen LogP) is 1.41. The van der Waals surface area contributed by atoms with Crippen LogP contribution in [-0.4, -0.2) is 60.4 Å². The molecule has 5 nitrogen and oxygen atoms in total. The summed E-state index contributed by atoms with van der Waals surface area (Å²) in [6.07, 6.45) is 1.76. The lowest BCUT2D eigenvalue weighted by atomic mass is 9.91. The first-order valence-corrected chi connectivity index (χ1v) is 8.20. The molecular weight excluding hydrogens is 292 g/mol. The monoisotopic (exact) mass is 320 g/mol. The molecule has 1 unspecified atom stereocenters. The molecule has 128 valence electrons. The first-order valence-electron chi connectivity index (χ1n) is 8.20. The molecule has 0 radical (unpaired) electrons. The molecule has 5 heteroatoms. The number of rotatable bonds is 6. The summed E-state index contributed by atoms with van der Waals surface area (Å²) in [6.45, 7) is 4.88. The number of benzene rings is 1. The average molecular weight is 320 g/mol. The quantitative estimate of drug-likeness (QED) is 0.832. The van der Waals surface area contributed by atoms with Crippen LogP contribution in [0.5, 0.6) is 0 Å². The number of aliphatic hydroxyl groups excluding tert-OH is 2. The van der Waals surface area contributed by atoms with Gasteiger partial charge in [0, 0.05) is 24.2 Å². The molecule has 1 amide bonds. The molecule has 1 aliphatic heterocycles. The van der Waals surface area contributed by atoms with Crippen molar-refractivity contribution < 1.29 is 15.0 Å². The van der Waals surface area contributed by atoms with Crippen molar-refractivity contribution in [3.63, 3.8) is 0 Å². The molecule has 0 aromatic heterocycles. The zero-order valence-electron chi connectivity index (χ0n) is 14.3. The van der Waals surface area contributed by atoms with Gasteiger partial charge in [-0.05, 0) is 38.9 Å². The van der Waals surface area contributed by atoms with E-state index in [-0.39, 0.29) is 25.2 Å². The molecular formula is C18H28N2O3. The highest BCUT2D eigenvalue weighted by atomic mass is 16.3. The summed E-state index contributed by atoms with van der Waals surface area (Å²) in [5.74, 6) is 0.0980. The molecule has 1 atom stereocenters. The van der Waals surface area contributed by atoms with Gasteiger partial charge in [0.25, 0.3) is 0 Å². The maximum absolute atomic E-state index is 12.9. The summed E-state index contributed by atoms with van der Waals surface area (Å²) in [4.78, 5) is 16.7. The standard InChI is InChI=1S/C18H28N2O3/c1-14-6-8-15(9-7-14)20-10-4-5-16(17(20)23)19(3)11-18(2,12-21)13-22/h6-9,16,21-22H,4-5,10-13H2,1-3H3. The number of piperidine rings is 1. The fourth-order valence-electron chi connectivity index (χ4n) is 3.11. The van der Waals surface area contributed by atoms with Crippen molar-refractivity contribution in [3.8, 4) is 0 Å². The van der Waals surface area contributed by atoms with Crippen molar-refractivity contribution in [1.29, 1.82) is 0 Å². The summed E-state index contributed by atoms with van der Waals surface area (Å²) in [7, 11) is 1.89. The Bertz CT molecular complexity index is 526. The van der Waals surface area contributed by atoms with E-state index in [0.29, 0.717) is 6.54 Å². The van der Waals surface area contributed by atoms with Gasteiger partial charge in [-0.1, -0.05) is 24.6 Å². The van der Waals surface area contributed by atoms with E-state index in [0.717, 1.165) is 25.1 Å². The van der Waals surface area contributed by atoms with E-state index < -0.39 is 5.41 Å². The van der Waals surface area contributed by atoms with Gasteiger partial charge in [-0.25, -0.2) is 0 Å². The fraction of sp³-hybridized carbons (Fsp3) is 0.611. The Morgan fingerprint density at radius 3 is 2.43 bits per heavy atom. The molecule has 2 N–H and O–H groups in total. The van der Waals surface area contributed by atoms with Gasteiger partial charge >= 0.3 is 0 Å². The number of nitrogens with zero attached hydrogens (tertiary/aromatic N) is 2. The van der Waals surface area contributed by atoms with Crippen LogP contribution in [-0.2, 0) is 4.79 Å². The molecule has 0 aliphatic carbocycles. The van der Waals surface area contributed by atoms with Crippen molar-refractivity contribution in [1.82, 2.24) is 4.90 Å². The fourth-order valence-corrected chi connectivity index (χ4v) is 3.11. The highest BCUT2D eigenvalue weighted by Crippen LogP contribution is 2.25. The number of aliphatic hydroxyl groups is 2. The Labute approximate surface area is 138 Å². The second-order valence-electron chi connectivity index (χ2n) is 7.03. The van der Waals surface area contributed by atoms with Gasteiger partial charge in [0.15, 0.2) is 0 Å². The lowest BCUT2D eigenvalue weighted by Crippen LogP contribution is -2.54. The molecule has 1 fully saturated rings. The van der Waals surface area contributed by atoms with Crippen molar-refractivity contribution in [2.45, 2.75) is 32.7 Å².